The zero-order valence-electron chi connectivity index (χ0n) is 20.7. The molecular formula is C23H18F2N3NaO8S2. The van der Waals surface area contributed by atoms with Crippen molar-refractivity contribution in [1.29, 1.82) is 0 Å². The van der Waals surface area contributed by atoms with E-state index in [-0.39, 0.29) is 63.5 Å². The van der Waals surface area contributed by atoms with Gasteiger partial charge in [-0.1, -0.05) is 12.1 Å². The van der Waals surface area contributed by atoms with Gasteiger partial charge in [0.15, 0.2) is 11.5 Å². The first-order chi connectivity index (χ1) is 18.1. The molecule has 2 heterocycles. The molecule has 16 heteroatoms. The largest absolute Gasteiger partial charge is 1.00 e. The summed E-state index contributed by atoms with van der Waals surface area (Å²) in [6, 6.07) is 9.18. The topological polar surface area (TPSA) is 150 Å². The molecule has 0 spiro atoms. The fraction of sp³-hybridized carbons (Fsp3) is 0.174. The van der Waals surface area contributed by atoms with Gasteiger partial charge in [0.25, 0.3) is 10.0 Å². The molecule has 39 heavy (non-hydrogen) atoms. The summed E-state index contributed by atoms with van der Waals surface area (Å²) in [5.41, 5.74) is -0.483. The number of methoxy groups -OCH3 is 2. The zero-order chi connectivity index (χ0) is 27.6. The summed E-state index contributed by atoms with van der Waals surface area (Å²) in [6.07, 6.45) is 1.38. The van der Waals surface area contributed by atoms with Gasteiger partial charge in [0, 0.05) is 18.3 Å². The van der Waals surface area contributed by atoms with Gasteiger partial charge < -0.3 is 24.1 Å². The van der Waals surface area contributed by atoms with Gasteiger partial charge in [0.2, 0.25) is 5.16 Å². The number of aromatic nitrogens is 3. The van der Waals surface area contributed by atoms with Gasteiger partial charge in [-0.05, 0) is 29.8 Å². The Balaban J connectivity index is 0.00000420. The molecule has 2 aromatic carbocycles. The van der Waals surface area contributed by atoms with Gasteiger partial charge in [-0.3, -0.25) is 9.19 Å². The van der Waals surface area contributed by atoms with Crippen molar-refractivity contribution in [3.63, 3.8) is 0 Å². The van der Waals surface area contributed by atoms with Crippen molar-refractivity contribution in [3.05, 3.63) is 66.0 Å². The third-order valence-corrected chi connectivity index (χ3v) is 8.26. The summed E-state index contributed by atoms with van der Waals surface area (Å²) in [4.78, 5) is 19.2. The fourth-order valence-corrected chi connectivity index (χ4v) is 6.59. The Bertz CT molecular complexity index is 1660. The quantitative estimate of drug-likeness (QED) is 0.210. The van der Waals surface area contributed by atoms with Crippen molar-refractivity contribution < 1.29 is 75.1 Å². The number of carbonyl (C=O) groups excluding carboxylic acids is 1. The van der Waals surface area contributed by atoms with Gasteiger partial charge in [-0.2, -0.15) is 8.78 Å². The Morgan fingerprint density at radius 3 is 2.51 bits per heavy atom. The maximum atomic E-state index is 13.7. The van der Waals surface area contributed by atoms with Crippen LogP contribution in [0.3, 0.4) is 0 Å². The van der Waals surface area contributed by atoms with Crippen molar-refractivity contribution in [3.8, 4) is 17.2 Å². The van der Waals surface area contributed by atoms with E-state index in [0.717, 1.165) is 30.3 Å². The summed E-state index contributed by atoms with van der Waals surface area (Å²) in [5, 5.41) is 10.9. The normalized spacial score (nSPS) is 12.1. The number of imidazole rings is 1. The molecule has 1 atom stereocenters. The van der Waals surface area contributed by atoms with E-state index in [2.05, 4.69) is 14.7 Å². The number of benzene rings is 2. The van der Waals surface area contributed by atoms with E-state index < -0.39 is 49.0 Å². The molecule has 200 valence electrons. The minimum absolute atomic E-state index is 0. The van der Waals surface area contributed by atoms with Gasteiger partial charge in [0.05, 0.1) is 58.4 Å². The number of alkyl halides is 2. The van der Waals surface area contributed by atoms with Crippen LogP contribution in [0.2, 0.25) is 0 Å². The zero-order valence-corrected chi connectivity index (χ0v) is 24.3. The minimum atomic E-state index is -4.67. The summed E-state index contributed by atoms with van der Waals surface area (Å²) in [7, 11) is -4.12. The molecule has 0 saturated carbocycles. The maximum absolute atomic E-state index is 13.7. The van der Waals surface area contributed by atoms with E-state index in [9.17, 15) is 31.3 Å². The average Bonchev–Trinajstić information content (AvgIpc) is 3.28. The van der Waals surface area contributed by atoms with Crippen LogP contribution in [0.15, 0.2) is 64.8 Å². The van der Waals surface area contributed by atoms with Crippen LogP contribution in [0.25, 0.3) is 11.0 Å². The summed E-state index contributed by atoms with van der Waals surface area (Å²) >= 11 is 0. The number of carboxylic acids is 1. The Hall–Kier alpha value is -3.11. The van der Waals surface area contributed by atoms with Crippen LogP contribution in [0.5, 0.6) is 17.2 Å². The van der Waals surface area contributed by atoms with Crippen LogP contribution < -0.4 is 48.9 Å². The number of rotatable bonds is 10. The van der Waals surface area contributed by atoms with Crippen LogP contribution >= 0.6 is 0 Å². The molecule has 0 amide bonds. The molecule has 0 N–H and O–H groups in total. The number of ether oxygens (including phenoxy) is 3. The third kappa shape index (κ3) is 6.22. The molecule has 4 aromatic rings. The Labute approximate surface area is 245 Å². The number of nitrogens with zero attached hydrogens (tertiary/aromatic N) is 3. The van der Waals surface area contributed by atoms with Gasteiger partial charge in [-0.25, -0.2) is 17.4 Å². The van der Waals surface area contributed by atoms with E-state index in [1.807, 2.05) is 0 Å². The molecule has 0 saturated heterocycles. The van der Waals surface area contributed by atoms with Crippen molar-refractivity contribution in [2.45, 2.75) is 22.4 Å². The van der Waals surface area contributed by atoms with Gasteiger partial charge >= 0.3 is 36.2 Å². The number of aromatic carboxylic acids is 1. The Morgan fingerprint density at radius 1 is 1.13 bits per heavy atom. The Morgan fingerprint density at radius 2 is 1.87 bits per heavy atom. The van der Waals surface area contributed by atoms with Crippen molar-refractivity contribution in [2.75, 3.05) is 14.2 Å². The molecule has 0 aliphatic carbocycles. The van der Waals surface area contributed by atoms with Crippen LogP contribution in [-0.4, -0.2) is 53.4 Å². The van der Waals surface area contributed by atoms with E-state index in [1.165, 1.54) is 38.6 Å². The fourth-order valence-electron chi connectivity index (χ4n) is 3.59. The smallest absolute Gasteiger partial charge is 0.545 e. The molecular weight excluding hydrogens is 571 g/mol. The predicted molar refractivity (Wildman–Crippen MR) is 127 cm³/mol. The van der Waals surface area contributed by atoms with Crippen LogP contribution in [0.4, 0.5) is 8.78 Å². The first kappa shape index (κ1) is 30.4. The number of halogens is 2. The first-order valence-electron chi connectivity index (χ1n) is 10.5. The average molecular weight is 590 g/mol. The number of carbonyl (C=O) groups is 1. The van der Waals surface area contributed by atoms with Gasteiger partial charge in [0.1, 0.15) is 5.75 Å². The SMILES string of the molecule is COc1ccnc(CS(=O)c2nc3ccc(OC(F)F)cc3n2S(=O)(=O)c2cccc(C(=O)[O-])c2)c1OC.[Na+]. The van der Waals surface area contributed by atoms with E-state index in [0.29, 0.717) is 9.72 Å². The molecule has 2 aromatic heterocycles. The van der Waals surface area contributed by atoms with Crippen LogP contribution in [0, 0.1) is 0 Å². The number of pyridine rings is 1. The minimum Gasteiger partial charge on any atom is -0.545 e. The van der Waals surface area contributed by atoms with Gasteiger partial charge in [-0.15, -0.1) is 0 Å². The number of hydrogen-bond donors (Lipinski definition) is 0. The predicted octanol–water partition coefficient (Wildman–Crippen LogP) is -1.04. The second-order valence-electron chi connectivity index (χ2n) is 7.49. The second-order valence-corrected chi connectivity index (χ2v) is 10.6. The molecule has 0 radical (unpaired) electrons. The standard InChI is InChI=1S/C23H19F2N3O8S2.Na/c1-34-19-8-9-26-17(20(19)35-2)12-37(31)23-27-16-7-6-14(36-22(24)25)11-18(16)28(23)38(32,33)15-5-3-4-13(10-15)21(29)30;/h3-11,22H,12H2,1-2H3,(H,29,30);/q;+1/p-1. The van der Waals surface area contributed by atoms with Crippen molar-refractivity contribution in [2.24, 2.45) is 0 Å². The van der Waals surface area contributed by atoms with Crippen LogP contribution in [-0.2, 0) is 26.6 Å². The number of fused-ring (bicyclic) bond motifs is 1. The monoisotopic (exact) mass is 589 g/mol. The molecule has 0 aliphatic heterocycles. The van der Waals surface area contributed by atoms with E-state index >= 15 is 0 Å². The first-order valence-corrected chi connectivity index (χ1v) is 13.3. The number of hydrogen-bond acceptors (Lipinski definition) is 10. The summed E-state index contributed by atoms with van der Waals surface area (Å²) in [6.45, 7) is -3.19. The van der Waals surface area contributed by atoms with Crippen molar-refractivity contribution in [1.82, 2.24) is 13.9 Å². The van der Waals surface area contributed by atoms with E-state index in [4.69, 9.17) is 9.47 Å². The van der Waals surface area contributed by atoms with E-state index in [1.54, 1.807) is 0 Å². The second kappa shape index (κ2) is 12.4. The van der Waals surface area contributed by atoms with Crippen molar-refractivity contribution >= 4 is 37.8 Å². The summed E-state index contributed by atoms with van der Waals surface area (Å²) < 4.78 is 82.2. The number of carboxylic acid groups (broad SMARTS) is 1. The molecule has 0 aliphatic rings. The summed E-state index contributed by atoms with van der Waals surface area (Å²) in [5.74, 6) is -1.89. The molecule has 0 fully saturated rings. The molecule has 11 nitrogen and oxygen atoms in total. The Kier molecular flexibility index (Phi) is 9.66. The molecule has 4 rings (SSSR count). The third-order valence-electron chi connectivity index (χ3n) is 5.23. The molecule has 0 bridgehead atoms. The molecule has 1 unspecified atom stereocenters. The van der Waals surface area contributed by atoms with Crippen LogP contribution in [0.1, 0.15) is 16.1 Å². The maximum Gasteiger partial charge on any atom is 1.00 e.